The average Bonchev–Trinajstić information content (AvgIpc) is 3.05. The van der Waals surface area contributed by atoms with Gasteiger partial charge in [0.2, 0.25) is 0 Å². The maximum absolute atomic E-state index is 10.2. The Balaban J connectivity index is 1.51. The molecule has 0 saturated heterocycles. The van der Waals surface area contributed by atoms with E-state index in [1.54, 1.807) is 17.5 Å². The second kappa shape index (κ2) is 7.72. The van der Waals surface area contributed by atoms with Gasteiger partial charge in [-0.15, -0.1) is 11.3 Å². The molecule has 1 N–H and O–H groups in total. The topological polar surface area (TPSA) is 55.2 Å². The average molecular weight is 369 g/mol. The first kappa shape index (κ1) is 17.4. The number of benzene rings is 1. The van der Waals surface area contributed by atoms with E-state index in [4.69, 9.17) is 9.72 Å². The molecular formula is C21H24N2O2S. The minimum atomic E-state index is -0.172. The fraction of sp³-hybridized carbons (Fsp3) is 0.429. The van der Waals surface area contributed by atoms with Crippen molar-refractivity contribution in [3.8, 4) is 11.5 Å². The summed E-state index contributed by atoms with van der Waals surface area (Å²) >= 11 is 1.71. The van der Waals surface area contributed by atoms with E-state index in [0.29, 0.717) is 5.92 Å². The third-order valence-corrected chi connectivity index (χ3v) is 6.14. The first-order valence-corrected chi connectivity index (χ1v) is 10.2. The Labute approximate surface area is 157 Å². The van der Waals surface area contributed by atoms with Gasteiger partial charge < -0.3 is 9.84 Å². The largest absolute Gasteiger partial charge is 0.457 e. The van der Waals surface area contributed by atoms with Crippen LogP contribution in [0.3, 0.4) is 0 Å². The quantitative estimate of drug-likeness (QED) is 0.677. The molecule has 5 heteroatoms. The van der Waals surface area contributed by atoms with Crippen LogP contribution in [0.4, 0.5) is 0 Å². The third kappa shape index (κ3) is 3.89. The standard InChI is InChI=1S/C21H24N2O2S/c1-2-15-12-17(9-10-22-15)25-16-7-8-18-20(13-16)26-21(23-18)11-14-5-3-4-6-19(14)24/h7-10,12-14,19,24H,2-6,11H2,1H3/t14-,19+/m0/s1. The van der Waals surface area contributed by atoms with Crippen molar-refractivity contribution >= 4 is 21.6 Å². The molecule has 0 aliphatic heterocycles. The van der Waals surface area contributed by atoms with Crippen molar-refractivity contribution in [2.45, 2.75) is 51.6 Å². The first-order chi connectivity index (χ1) is 12.7. The summed E-state index contributed by atoms with van der Waals surface area (Å²) < 4.78 is 7.14. The van der Waals surface area contributed by atoms with Crippen LogP contribution in [0.25, 0.3) is 10.2 Å². The molecule has 1 fully saturated rings. The number of aryl methyl sites for hydroxylation is 1. The SMILES string of the molecule is CCc1cc(Oc2ccc3nc(C[C@@H]4CCCC[C@H]4O)sc3c2)ccn1. The van der Waals surface area contributed by atoms with E-state index in [-0.39, 0.29) is 6.10 Å². The highest BCUT2D eigenvalue weighted by Crippen LogP contribution is 2.33. The van der Waals surface area contributed by atoms with Crippen LogP contribution >= 0.6 is 11.3 Å². The van der Waals surface area contributed by atoms with Crippen LogP contribution in [-0.4, -0.2) is 21.2 Å². The smallest absolute Gasteiger partial charge is 0.130 e. The van der Waals surface area contributed by atoms with Gasteiger partial charge in [0.25, 0.3) is 0 Å². The Kier molecular flexibility index (Phi) is 5.18. The molecule has 3 aromatic rings. The van der Waals surface area contributed by atoms with Crippen molar-refractivity contribution in [1.29, 1.82) is 0 Å². The number of aliphatic hydroxyl groups is 1. The molecule has 4 rings (SSSR count). The Hall–Kier alpha value is -1.98. The number of rotatable bonds is 5. The number of hydrogen-bond acceptors (Lipinski definition) is 5. The van der Waals surface area contributed by atoms with Gasteiger partial charge in [-0.25, -0.2) is 4.98 Å². The lowest BCUT2D eigenvalue weighted by Crippen LogP contribution is -2.26. The number of nitrogens with zero attached hydrogens (tertiary/aromatic N) is 2. The van der Waals surface area contributed by atoms with E-state index in [1.807, 2.05) is 24.3 Å². The molecule has 0 spiro atoms. The summed E-state index contributed by atoms with van der Waals surface area (Å²) in [7, 11) is 0. The Morgan fingerprint density at radius 2 is 2.00 bits per heavy atom. The van der Waals surface area contributed by atoms with Gasteiger partial charge in [-0.05, 0) is 43.4 Å². The number of thiazole rings is 1. The van der Waals surface area contributed by atoms with Gasteiger partial charge in [0, 0.05) is 30.4 Å². The van der Waals surface area contributed by atoms with Gasteiger partial charge in [0.05, 0.1) is 21.3 Å². The Bertz CT molecular complexity index is 893. The van der Waals surface area contributed by atoms with E-state index in [0.717, 1.165) is 64.5 Å². The van der Waals surface area contributed by atoms with Gasteiger partial charge in [-0.3, -0.25) is 4.98 Å². The Morgan fingerprint density at radius 1 is 1.15 bits per heavy atom. The lowest BCUT2D eigenvalue weighted by molar-refractivity contribution is 0.0700. The van der Waals surface area contributed by atoms with Crippen LogP contribution in [0.5, 0.6) is 11.5 Å². The predicted molar refractivity (Wildman–Crippen MR) is 105 cm³/mol. The molecule has 1 saturated carbocycles. The van der Waals surface area contributed by atoms with Crippen LogP contribution in [0, 0.1) is 5.92 Å². The molecule has 2 aromatic heterocycles. The number of ether oxygens (including phenoxy) is 1. The lowest BCUT2D eigenvalue weighted by Gasteiger charge is -2.26. The van der Waals surface area contributed by atoms with Crippen molar-refractivity contribution in [2.24, 2.45) is 5.92 Å². The number of pyridine rings is 1. The summed E-state index contributed by atoms with van der Waals surface area (Å²) in [6.07, 6.45) is 7.78. The molecule has 4 nitrogen and oxygen atoms in total. The molecular weight excluding hydrogens is 344 g/mol. The van der Waals surface area contributed by atoms with E-state index in [2.05, 4.69) is 18.0 Å². The maximum atomic E-state index is 10.2. The highest BCUT2D eigenvalue weighted by Gasteiger charge is 2.24. The summed E-state index contributed by atoms with van der Waals surface area (Å²) in [5.74, 6) is 1.98. The molecule has 0 unspecified atom stereocenters. The van der Waals surface area contributed by atoms with Crippen molar-refractivity contribution in [3.05, 3.63) is 47.2 Å². The van der Waals surface area contributed by atoms with E-state index in [1.165, 1.54) is 6.42 Å². The van der Waals surface area contributed by atoms with Crippen LogP contribution in [0.2, 0.25) is 0 Å². The summed E-state index contributed by atoms with van der Waals surface area (Å²) in [6.45, 7) is 2.08. The second-order valence-electron chi connectivity index (χ2n) is 6.99. The molecule has 0 amide bonds. The van der Waals surface area contributed by atoms with Crippen LogP contribution in [0.15, 0.2) is 36.5 Å². The minimum Gasteiger partial charge on any atom is -0.457 e. The predicted octanol–water partition coefficient (Wildman–Crippen LogP) is 5.14. The normalized spacial score (nSPS) is 20.4. The zero-order valence-corrected chi connectivity index (χ0v) is 15.8. The highest BCUT2D eigenvalue weighted by atomic mass is 32.1. The summed E-state index contributed by atoms with van der Waals surface area (Å²) in [4.78, 5) is 9.06. The molecule has 1 aromatic carbocycles. The lowest BCUT2D eigenvalue weighted by atomic mass is 9.84. The number of aromatic nitrogens is 2. The number of aliphatic hydroxyl groups excluding tert-OH is 1. The fourth-order valence-electron chi connectivity index (χ4n) is 3.60. The van der Waals surface area contributed by atoms with Gasteiger partial charge in [-0.1, -0.05) is 19.8 Å². The van der Waals surface area contributed by atoms with Crippen molar-refractivity contribution in [3.63, 3.8) is 0 Å². The molecule has 0 radical (unpaired) electrons. The monoisotopic (exact) mass is 368 g/mol. The number of fused-ring (bicyclic) bond motifs is 1. The molecule has 0 bridgehead atoms. The van der Waals surface area contributed by atoms with Crippen LogP contribution < -0.4 is 4.74 Å². The summed E-state index contributed by atoms with van der Waals surface area (Å²) in [5, 5.41) is 11.3. The molecule has 2 heterocycles. The molecule has 2 atom stereocenters. The van der Waals surface area contributed by atoms with E-state index in [9.17, 15) is 5.11 Å². The molecule has 26 heavy (non-hydrogen) atoms. The second-order valence-corrected chi connectivity index (χ2v) is 8.11. The minimum absolute atomic E-state index is 0.172. The highest BCUT2D eigenvalue weighted by molar-refractivity contribution is 7.18. The molecule has 136 valence electrons. The summed E-state index contributed by atoms with van der Waals surface area (Å²) in [6, 6.07) is 9.90. The molecule has 1 aliphatic carbocycles. The van der Waals surface area contributed by atoms with Gasteiger partial charge in [-0.2, -0.15) is 0 Å². The van der Waals surface area contributed by atoms with Crippen LogP contribution in [-0.2, 0) is 12.8 Å². The third-order valence-electron chi connectivity index (χ3n) is 5.10. The molecule has 1 aliphatic rings. The fourth-order valence-corrected chi connectivity index (χ4v) is 4.69. The van der Waals surface area contributed by atoms with Gasteiger partial charge in [0.1, 0.15) is 11.5 Å². The van der Waals surface area contributed by atoms with Gasteiger partial charge in [0.15, 0.2) is 0 Å². The maximum Gasteiger partial charge on any atom is 0.130 e. The van der Waals surface area contributed by atoms with Crippen molar-refractivity contribution in [2.75, 3.05) is 0 Å². The van der Waals surface area contributed by atoms with E-state index < -0.39 is 0 Å². The zero-order chi connectivity index (χ0) is 17.9. The van der Waals surface area contributed by atoms with Crippen molar-refractivity contribution < 1.29 is 9.84 Å². The zero-order valence-electron chi connectivity index (χ0n) is 15.0. The van der Waals surface area contributed by atoms with Crippen molar-refractivity contribution in [1.82, 2.24) is 9.97 Å². The number of hydrogen-bond donors (Lipinski definition) is 1. The summed E-state index contributed by atoms with van der Waals surface area (Å²) in [5.41, 5.74) is 2.03. The van der Waals surface area contributed by atoms with Crippen LogP contribution in [0.1, 0.15) is 43.3 Å². The van der Waals surface area contributed by atoms with Gasteiger partial charge >= 0.3 is 0 Å². The van der Waals surface area contributed by atoms with E-state index >= 15 is 0 Å². The first-order valence-electron chi connectivity index (χ1n) is 9.41. The Morgan fingerprint density at radius 3 is 2.85 bits per heavy atom.